The maximum absolute atomic E-state index is 12.8. The maximum Gasteiger partial charge on any atom is 0.416 e. The Kier molecular flexibility index (Phi) is 5.94. The SMILES string of the molecule is CC#CCC(C)c1cc(C(F)(F)F)ccc1OCCC. The molecule has 20 heavy (non-hydrogen) atoms. The second kappa shape index (κ2) is 7.23. The summed E-state index contributed by atoms with van der Waals surface area (Å²) in [6.45, 7) is 6.02. The Balaban J connectivity index is 3.13. The van der Waals surface area contributed by atoms with E-state index in [0.29, 0.717) is 24.3 Å². The zero-order chi connectivity index (χ0) is 15.2. The molecule has 0 saturated heterocycles. The molecule has 0 fully saturated rings. The number of halogens is 3. The first-order chi connectivity index (χ1) is 9.40. The minimum atomic E-state index is -4.34. The Morgan fingerprint density at radius 1 is 1.30 bits per heavy atom. The van der Waals surface area contributed by atoms with Crippen LogP contribution >= 0.6 is 0 Å². The number of rotatable bonds is 5. The van der Waals surface area contributed by atoms with Crippen molar-refractivity contribution in [2.75, 3.05) is 6.61 Å². The monoisotopic (exact) mass is 284 g/mol. The van der Waals surface area contributed by atoms with Crippen LogP contribution in [0.1, 0.15) is 50.7 Å². The van der Waals surface area contributed by atoms with Gasteiger partial charge >= 0.3 is 6.18 Å². The topological polar surface area (TPSA) is 9.23 Å². The van der Waals surface area contributed by atoms with Gasteiger partial charge in [0.25, 0.3) is 0 Å². The molecule has 0 spiro atoms. The van der Waals surface area contributed by atoms with Crippen LogP contribution in [0.3, 0.4) is 0 Å². The molecule has 0 aliphatic heterocycles. The number of hydrogen-bond donors (Lipinski definition) is 0. The molecule has 0 aliphatic rings. The maximum atomic E-state index is 12.8. The molecule has 4 heteroatoms. The van der Waals surface area contributed by atoms with Crippen molar-refractivity contribution >= 4 is 0 Å². The average Bonchev–Trinajstić information content (AvgIpc) is 2.41. The Hall–Kier alpha value is -1.63. The Morgan fingerprint density at radius 3 is 2.55 bits per heavy atom. The third kappa shape index (κ3) is 4.48. The number of ether oxygens (including phenoxy) is 1. The van der Waals surface area contributed by atoms with E-state index in [9.17, 15) is 13.2 Å². The summed E-state index contributed by atoms with van der Waals surface area (Å²) >= 11 is 0. The van der Waals surface area contributed by atoms with Crippen LogP contribution in [0.5, 0.6) is 5.75 Å². The van der Waals surface area contributed by atoms with Gasteiger partial charge in [-0.05, 0) is 43.0 Å². The van der Waals surface area contributed by atoms with E-state index in [-0.39, 0.29) is 5.92 Å². The van der Waals surface area contributed by atoms with Crippen LogP contribution in [-0.2, 0) is 6.18 Å². The van der Waals surface area contributed by atoms with Crippen LogP contribution in [0.2, 0.25) is 0 Å². The van der Waals surface area contributed by atoms with Crippen LogP contribution in [0.15, 0.2) is 18.2 Å². The molecule has 1 rings (SSSR count). The van der Waals surface area contributed by atoms with Crippen molar-refractivity contribution in [3.05, 3.63) is 29.3 Å². The fourth-order valence-electron chi connectivity index (χ4n) is 1.82. The van der Waals surface area contributed by atoms with Crippen LogP contribution in [0.4, 0.5) is 13.2 Å². The number of alkyl halides is 3. The molecule has 0 aromatic heterocycles. The predicted octanol–water partition coefficient (Wildman–Crippen LogP) is 5.01. The highest BCUT2D eigenvalue weighted by atomic mass is 19.4. The van der Waals surface area contributed by atoms with E-state index in [4.69, 9.17) is 4.74 Å². The molecule has 0 N–H and O–H groups in total. The Labute approximate surface area is 118 Å². The lowest BCUT2D eigenvalue weighted by Crippen LogP contribution is -2.08. The number of hydrogen-bond acceptors (Lipinski definition) is 1. The molecular weight excluding hydrogens is 265 g/mol. The molecule has 0 saturated carbocycles. The molecule has 1 aromatic carbocycles. The van der Waals surface area contributed by atoms with E-state index in [1.807, 2.05) is 13.8 Å². The zero-order valence-electron chi connectivity index (χ0n) is 12.0. The minimum absolute atomic E-state index is 0.100. The summed E-state index contributed by atoms with van der Waals surface area (Å²) in [7, 11) is 0. The van der Waals surface area contributed by atoms with Gasteiger partial charge in [-0.1, -0.05) is 13.8 Å². The lowest BCUT2D eigenvalue weighted by molar-refractivity contribution is -0.137. The van der Waals surface area contributed by atoms with Gasteiger partial charge in [-0.3, -0.25) is 0 Å². The average molecular weight is 284 g/mol. The first-order valence-corrected chi connectivity index (χ1v) is 6.63. The van der Waals surface area contributed by atoms with Crippen molar-refractivity contribution < 1.29 is 17.9 Å². The second-order valence-electron chi connectivity index (χ2n) is 4.63. The minimum Gasteiger partial charge on any atom is -0.493 e. The van der Waals surface area contributed by atoms with Gasteiger partial charge in [0.15, 0.2) is 0 Å². The number of benzene rings is 1. The van der Waals surface area contributed by atoms with Crippen molar-refractivity contribution in [3.8, 4) is 17.6 Å². The molecule has 0 heterocycles. The van der Waals surface area contributed by atoms with Gasteiger partial charge in [-0.25, -0.2) is 0 Å². The van der Waals surface area contributed by atoms with E-state index in [1.54, 1.807) is 6.92 Å². The van der Waals surface area contributed by atoms with Crippen molar-refractivity contribution in [1.82, 2.24) is 0 Å². The molecule has 1 aromatic rings. The standard InChI is InChI=1S/C16H19F3O/c1-4-6-7-12(3)14-11-13(16(17,18)19)8-9-15(14)20-10-5-2/h8-9,11-12H,5,7,10H2,1-3H3. The van der Waals surface area contributed by atoms with Gasteiger partial charge in [0, 0.05) is 6.42 Å². The van der Waals surface area contributed by atoms with Gasteiger partial charge < -0.3 is 4.74 Å². The van der Waals surface area contributed by atoms with Gasteiger partial charge in [0.1, 0.15) is 5.75 Å². The van der Waals surface area contributed by atoms with Crippen LogP contribution in [0.25, 0.3) is 0 Å². The Bertz CT molecular complexity index is 495. The molecule has 0 amide bonds. The van der Waals surface area contributed by atoms with E-state index < -0.39 is 11.7 Å². The fourth-order valence-corrected chi connectivity index (χ4v) is 1.82. The van der Waals surface area contributed by atoms with E-state index in [2.05, 4.69) is 11.8 Å². The largest absolute Gasteiger partial charge is 0.493 e. The Morgan fingerprint density at radius 2 is 2.00 bits per heavy atom. The second-order valence-corrected chi connectivity index (χ2v) is 4.63. The predicted molar refractivity (Wildman–Crippen MR) is 73.7 cm³/mol. The normalized spacial score (nSPS) is 12.5. The molecule has 0 aliphatic carbocycles. The summed E-state index contributed by atoms with van der Waals surface area (Å²) in [4.78, 5) is 0. The first-order valence-electron chi connectivity index (χ1n) is 6.63. The van der Waals surface area contributed by atoms with Crippen molar-refractivity contribution in [3.63, 3.8) is 0 Å². The third-order valence-corrected chi connectivity index (χ3v) is 2.91. The first kappa shape index (κ1) is 16.4. The highest BCUT2D eigenvalue weighted by molar-refractivity contribution is 5.41. The van der Waals surface area contributed by atoms with Crippen molar-refractivity contribution in [1.29, 1.82) is 0 Å². The molecule has 0 radical (unpaired) electrons. The summed E-state index contributed by atoms with van der Waals surface area (Å²) in [5, 5.41) is 0. The summed E-state index contributed by atoms with van der Waals surface area (Å²) in [6.07, 6.45) is -3.02. The van der Waals surface area contributed by atoms with E-state index in [1.165, 1.54) is 12.1 Å². The van der Waals surface area contributed by atoms with E-state index in [0.717, 1.165) is 12.5 Å². The highest BCUT2D eigenvalue weighted by Crippen LogP contribution is 2.36. The quantitative estimate of drug-likeness (QED) is 0.690. The summed E-state index contributed by atoms with van der Waals surface area (Å²) in [5.41, 5.74) is -0.0799. The van der Waals surface area contributed by atoms with Crippen LogP contribution in [0, 0.1) is 11.8 Å². The lowest BCUT2D eigenvalue weighted by atomic mass is 9.95. The summed E-state index contributed by atoms with van der Waals surface area (Å²) in [6, 6.07) is 3.64. The lowest BCUT2D eigenvalue weighted by Gasteiger charge is -2.17. The van der Waals surface area contributed by atoms with Crippen LogP contribution < -0.4 is 4.74 Å². The molecule has 1 unspecified atom stereocenters. The van der Waals surface area contributed by atoms with Crippen molar-refractivity contribution in [2.24, 2.45) is 0 Å². The fraction of sp³-hybridized carbons (Fsp3) is 0.500. The molecule has 0 bridgehead atoms. The van der Waals surface area contributed by atoms with Gasteiger partial charge in [0.05, 0.1) is 12.2 Å². The zero-order valence-corrected chi connectivity index (χ0v) is 12.0. The van der Waals surface area contributed by atoms with Crippen molar-refractivity contribution in [2.45, 2.75) is 45.7 Å². The highest BCUT2D eigenvalue weighted by Gasteiger charge is 2.31. The molecule has 110 valence electrons. The molecule has 1 atom stereocenters. The van der Waals surface area contributed by atoms with Gasteiger partial charge in [0.2, 0.25) is 0 Å². The molecular formula is C16H19F3O. The molecule has 1 nitrogen and oxygen atoms in total. The van der Waals surface area contributed by atoms with Gasteiger partial charge in [-0.2, -0.15) is 13.2 Å². The van der Waals surface area contributed by atoms with Gasteiger partial charge in [-0.15, -0.1) is 11.8 Å². The third-order valence-electron chi connectivity index (χ3n) is 2.91. The van der Waals surface area contributed by atoms with E-state index >= 15 is 0 Å². The summed E-state index contributed by atoms with van der Waals surface area (Å²) in [5.74, 6) is 6.08. The smallest absolute Gasteiger partial charge is 0.416 e. The summed E-state index contributed by atoms with van der Waals surface area (Å²) < 4.78 is 43.9. The van der Waals surface area contributed by atoms with Crippen LogP contribution in [-0.4, -0.2) is 6.61 Å².